The van der Waals surface area contributed by atoms with Crippen LogP contribution < -0.4 is 10.6 Å². The van der Waals surface area contributed by atoms with Crippen LogP contribution in [0.25, 0.3) is 0 Å². The first kappa shape index (κ1) is 19.5. The van der Waals surface area contributed by atoms with Crippen molar-refractivity contribution < 1.29 is 22.8 Å². The highest BCUT2D eigenvalue weighted by Crippen LogP contribution is 2.14. The summed E-state index contributed by atoms with van der Waals surface area (Å²) in [6, 6.07) is 9.40. The molecule has 0 heterocycles. The van der Waals surface area contributed by atoms with Crippen molar-refractivity contribution in [2.75, 3.05) is 13.1 Å². The van der Waals surface area contributed by atoms with Crippen molar-refractivity contribution in [2.45, 2.75) is 19.8 Å². The molecule has 2 aromatic carbocycles. The molecule has 2 aromatic rings. The highest BCUT2D eigenvalue weighted by atomic mass is 19.2. The van der Waals surface area contributed by atoms with E-state index in [1.165, 1.54) is 0 Å². The predicted molar refractivity (Wildman–Crippen MR) is 91.2 cm³/mol. The fourth-order valence-corrected chi connectivity index (χ4v) is 2.28. The molecule has 0 aliphatic heterocycles. The van der Waals surface area contributed by atoms with Gasteiger partial charge in [0.1, 0.15) is 0 Å². The molecule has 138 valence electrons. The molecule has 2 amide bonds. The van der Waals surface area contributed by atoms with Gasteiger partial charge in [0.2, 0.25) is 5.91 Å². The molecule has 2 N–H and O–H groups in total. The van der Waals surface area contributed by atoms with Gasteiger partial charge in [0.05, 0.1) is 5.56 Å². The number of amides is 2. The van der Waals surface area contributed by atoms with E-state index in [2.05, 4.69) is 10.6 Å². The van der Waals surface area contributed by atoms with E-state index in [4.69, 9.17) is 0 Å². The average molecular weight is 364 g/mol. The first-order valence-corrected chi connectivity index (χ1v) is 8.12. The van der Waals surface area contributed by atoms with Crippen LogP contribution in [0.1, 0.15) is 27.9 Å². The van der Waals surface area contributed by atoms with E-state index in [9.17, 15) is 22.8 Å². The van der Waals surface area contributed by atoms with E-state index in [0.717, 1.165) is 17.2 Å². The summed E-state index contributed by atoms with van der Waals surface area (Å²) in [5.41, 5.74) is 1.61. The lowest BCUT2D eigenvalue weighted by molar-refractivity contribution is -0.121. The Balaban J connectivity index is 1.71. The minimum atomic E-state index is -1.69. The summed E-state index contributed by atoms with van der Waals surface area (Å²) in [4.78, 5) is 23.5. The molecule has 0 fully saturated rings. The van der Waals surface area contributed by atoms with Gasteiger partial charge in [-0.15, -0.1) is 0 Å². The number of hydrogen-bond acceptors (Lipinski definition) is 2. The molecule has 0 atom stereocenters. The van der Waals surface area contributed by atoms with Crippen LogP contribution in [0, 0.1) is 24.4 Å². The van der Waals surface area contributed by atoms with Crippen molar-refractivity contribution in [3.63, 3.8) is 0 Å². The largest absolute Gasteiger partial charge is 0.354 e. The van der Waals surface area contributed by atoms with Gasteiger partial charge in [0, 0.05) is 19.5 Å². The smallest absolute Gasteiger partial charge is 0.254 e. The third-order valence-electron chi connectivity index (χ3n) is 3.77. The third-order valence-corrected chi connectivity index (χ3v) is 3.77. The van der Waals surface area contributed by atoms with E-state index < -0.39 is 28.9 Å². The summed E-state index contributed by atoms with van der Waals surface area (Å²) >= 11 is 0. The van der Waals surface area contributed by atoms with Crippen LogP contribution in [0.4, 0.5) is 13.2 Å². The summed E-state index contributed by atoms with van der Waals surface area (Å²) in [6.07, 6.45) is 0.896. The van der Waals surface area contributed by atoms with Crippen molar-refractivity contribution in [3.8, 4) is 0 Å². The Hall–Kier alpha value is -2.83. The Morgan fingerprint density at radius 2 is 1.54 bits per heavy atom. The lowest BCUT2D eigenvalue weighted by Crippen LogP contribution is -2.35. The van der Waals surface area contributed by atoms with Crippen LogP contribution in [0.2, 0.25) is 0 Å². The summed E-state index contributed by atoms with van der Waals surface area (Å²) in [5.74, 6) is -5.65. The summed E-state index contributed by atoms with van der Waals surface area (Å²) in [7, 11) is 0. The topological polar surface area (TPSA) is 58.2 Å². The number of halogens is 3. The number of rotatable bonds is 7. The zero-order chi connectivity index (χ0) is 19.1. The van der Waals surface area contributed by atoms with Crippen molar-refractivity contribution in [3.05, 3.63) is 70.5 Å². The number of benzene rings is 2. The number of nitrogens with one attached hydrogen (secondary N) is 2. The predicted octanol–water partition coefficient (Wildman–Crippen LogP) is 2.89. The molecule has 2 rings (SSSR count). The van der Waals surface area contributed by atoms with E-state index in [1.54, 1.807) is 0 Å². The molecule has 0 aliphatic rings. The highest BCUT2D eigenvalue weighted by Gasteiger charge is 2.18. The fourth-order valence-electron chi connectivity index (χ4n) is 2.28. The Kier molecular flexibility index (Phi) is 6.77. The number of aryl methyl sites for hydroxylation is 2. The normalized spacial score (nSPS) is 10.5. The van der Waals surface area contributed by atoms with Gasteiger partial charge in [-0.05, 0) is 31.0 Å². The second-order valence-corrected chi connectivity index (χ2v) is 5.81. The summed E-state index contributed by atoms with van der Waals surface area (Å²) < 4.78 is 39.4. The van der Waals surface area contributed by atoms with Crippen LogP contribution in [0.15, 0.2) is 36.4 Å². The van der Waals surface area contributed by atoms with Gasteiger partial charge in [0.25, 0.3) is 5.91 Å². The molecule has 0 aromatic heterocycles. The Morgan fingerprint density at radius 1 is 0.885 bits per heavy atom. The lowest BCUT2D eigenvalue weighted by atomic mass is 10.1. The molecule has 0 spiro atoms. The Bertz CT molecular complexity index is 792. The van der Waals surface area contributed by atoms with Gasteiger partial charge < -0.3 is 10.6 Å². The average Bonchev–Trinajstić information content (AvgIpc) is 2.62. The van der Waals surface area contributed by atoms with Gasteiger partial charge in [-0.1, -0.05) is 29.8 Å². The molecule has 0 radical (unpaired) electrons. The Labute approximate surface area is 149 Å². The molecular formula is C19H19F3N2O2. The molecule has 0 unspecified atom stereocenters. The van der Waals surface area contributed by atoms with Gasteiger partial charge in [-0.25, -0.2) is 13.2 Å². The maximum absolute atomic E-state index is 13.5. The van der Waals surface area contributed by atoms with Crippen LogP contribution in [0.5, 0.6) is 0 Å². The Morgan fingerprint density at radius 3 is 2.23 bits per heavy atom. The summed E-state index contributed by atoms with van der Waals surface area (Å²) in [5, 5.41) is 4.96. The third kappa shape index (κ3) is 5.34. The maximum Gasteiger partial charge on any atom is 0.254 e. The second-order valence-electron chi connectivity index (χ2n) is 5.81. The van der Waals surface area contributed by atoms with E-state index >= 15 is 0 Å². The van der Waals surface area contributed by atoms with Gasteiger partial charge in [-0.3, -0.25) is 9.59 Å². The van der Waals surface area contributed by atoms with E-state index in [0.29, 0.717) is 18.9 Å². The molecule has 0 saturated carbocycles. The van der Waals surface area contributed by atoms with Gasteiger partial charge in [0.15, 0.2) is 17.5 Å². The standard InChI is InChI=1S/C19H19F3N2O2/c1-12-2-4-13(5-3-12)6-9-16(25)23-10-11-24-19(26)14-7-8-15(20)18(22)17(14)21/h2-5,7-8H,6,9-11H2,1H3,(H,23,25)(H,24,26). The van der Waals surface area contributed by atoms with Gasteiger partial charge >= 0.3 is 0 Å². The molecule has 0 bridgehead atoms. The second kappa shape index (κ2) is 9.03. The lowest BCUT2D eigenvalue weighted by Gasteiger charge is -2.08. The van der Waals surface area contributed by atoms with Crippen molar-refractivity contribution in [1.82, 2.24) is 10.6 Å². The van der Waals surface area contributed by atoms with Crippen LogP contribution in [-0.2, 0) is 11.2 Å². The molecular weight excluding hydrogens is 345 g/mol. The minimum absolute atomic E-state index is 0.0353. The molecule has 7 heteroatoms. The van der Waals surface area contributed by atoms with Gasteiger partial charge in [-0.2, -0.15) is 0 Å². The zero-order valence-electron chi connectivity index (χ0n) is 14.2. The fraction of sp³-hybridized carbons (Fsp3) is 0.263. The molecule has 4 nitrogen and oxygen atoms in total. The molecule has 0 aliphatic carbocycles. The van der Waals surface area contributed by atoms with Crippen LogP contribution >= 0.6 is 0 Å². The SMILES string of the molecule is Cc1ccc(CCC(=O)NCCNC(=O)c2ccc(F)c(F)c2F)cc1. The number of hydrogen-bond donors (Lipinski definition) is 2. The first-order valence-electron chi connectivity index (χ1n) is 8.12. The monoisotopic (exact) mass is 364 g/mol. The van der Waals surface area contributed by atoms with Crippen LogP contribution in [-0.4, -0.2) is 24.9 Å². The van der Waals surface area contributed by atoms with Crippen molar-refractivity contribution in [1.29, 1.82) is 0 Å². The number of carbonyl (C=O) groups is 2. The molecule has 0 saturated heterocycles. The highest BCUT2D eigenvalue weighted by molar-refractivity contribution is 5.94. The minimum Gasteiger partial charge on any atom is -0.354 e. The van der Waals surface area contributed by atoms with Crippen LogP contribution in [0.3, 0.4) is 0 Å². The molecule has 26 heavy (non-hydrogen) atoms. The van der Waals surface area contributed by atoms with E-state index in [1.807, 2.05) is 31.2 Å². The maximum atomic E-state index is 13.5. The zero-order valence-corrected chi connectivity index (χ0v) is 14.2. The quantitative estimate of drug-likeness (QED) is 0.586. The first-order chi connectivity index (χ1) is 12.4. The summed E-state index contributed by atoms with van der Waals surface area (Å²) in [6.45, 7) is 2.16. The van der Waals surface area contributed by atoms with Crippen molar-refractivity contribution >= 4 is 11.8 Å². The van der Waals surface area contributed by atoms with E-state index in [-0.39, 0.29) is 19.0 Å². The van der Waals surface area contributed by atoms with Crippen molar-refractivity contribution in [2.24, 2.45) is 0 Å². The number of carbonyl (C=O) groups excluding carboxylic acids is 2.